The third-order valence-electron chi connectivity index (χ3n) is 6.15. The summed E-state index contributed by atoms with van der Waals surface area (Å²) in [6.07, 6.45) is 2.04. The molecular formula is C27H27FN4O. The number of halogens is 1. The van der Waals surface area contributed by atoms with Gasteiger partial charge in [0.15, 0.2) is 0 Å². The molecule has 0 amide bonds. The lowest BCUT2D eigenvalue weighted by atomic mass is 10.00. The molecule has 5 nitrogen and oxygen atoms in total. The average molecular weight is 443 g/mol. The van der Waals surface area contributed by atoms with Crippen LogP contribution >= 0.6 is 0 Å². The fourth-order valence-electron chi connectivity index (χ4n) is 4.35. The minimum atomic E-state index is -0.291. The van der Waals surface area contributed by atoms with E-state index in [1.54, 1.807) is 12.1 Å². The molecule has 2 heterocycles. The van der Waals surface area contributed by atoms with Crippen molar-refractivity contribution < 1.29 is 8.81 Å². The van der Waals surface area contributed by atoms with E-state index < -0.39 is 0 Å². The van der Waals surface area contributed by atoms with Gasteiger partial charge in [0.2, 0.25) is 11.8 Å². The molecule has 0 spiro atoms. The molecule has 1 unspecified atom stereocenters. The zero-order chi connectivity index (χ0) is 22.5. The highest BCUT2D eigenvalue weighted by Crippen LogP contribution is 2.27. The Morgan fingerprint density at radius 3 is 2.24 bits per heavy atom. The molecule has 1 aliphatic heterocycles. The molecule has 1 fully saturated rings. The van der Waals surface area contributed by atoms with E-state index in [-0.39, 0.29) is 11.9 Å². The van der Waals surface area contributed by atoms with Crippen LogP contribution in [0.2, 0.25) is 0 Å². The first-order chi connectivity index (χ1) is 16.2. The van der Waals surface area contributed by atoms with E-state index in [1.165, 1.54) is 17.7 Å². The zero-order valence-electron chi connectivity index (χ0n) is 18.4. The van der Waals surface area contributed by atoms with E-state index in [9.17, 15) is 4.39 Å². The van der Waals surface area contributed by atoms with Gasteiger partial charge in [-0.1, -0.05) is 60.7 Å². The number of rotatable bonds is 7. The summed E-state index contributed by atoms with van der Waals surface area (Å²) >= 11 is 0. The van der Waals surface area contributed by atoms with Crippen LogP contribution in [0.1, 0.15) is 35.9 Å². The Labute approximate surface area is 193 Å². The Morgan fingerprint density at radius 2 is 1.55 bits per heavy atom. The van der Waals surface area contributed by atoms with Gasteiger partial charge >= 0.3 is 0 Å². The lowest BCUT2D eigenvalue weighted by Crippen LogP contribution is -2.43. The van der Waals surface area contributed by atoms with Crippen molar-refractivity contribution in [2.75, 3.05) is 13.1 Å². The molecule has 0 radical (unpaired) electrons. The van der Waals surface area contributed by atoms with E-state index in [0.29, 0.717) is 17.8 Å². The highest BCUT2D eigenvalue weighted by Gasteiger charge is 2.27. The molecule has 0 aliphatic carbocycles. The van der Waals surface area contributed by atoms with Crippen molar-refractivity contribution in [1.29, 1.82) is 0 Å². The van der Waals surface area contributed by atoms with E-state index in [0.717, 1.165) is 43.6 Å². The first-order valence-electron chi connectivity index (χ1n) is 11.4. The van der Waals surface area contributed by atoms with Gasteiger partial charge in [-0.15, -0.1) is 10.2 Å². The van der Waals surface area contributed by atoms with Crippen molar-refractivity contribution >= 4 is 0 Å². The van der Waals surface area contributed by atoms with Gasteiger partial charge in [0.1, 0.15) is 11.9 Å². The zero-order valence-corrected chi connectivity index (χ0v) is 18.4. The number of hydrogen-bond acceptors (Lipinski definition) is 5. The molecule has 33 heavy (non-hydrogen) atoms. The van der Waals surface area contributed by atoms with E-state index in [1.807, 2.05) is 30.3 Å². The first kappa shape index (κ1) is 21.5. The summed E-state index contributed by atoms with van der Waals surface area (Å²) in [7, 11) is 0. The maximum atomic E-state index is 13.6. The average Bonchev–Trinajstić information content (AvgIpc) is 3.36. The van der Waals surface area contributed by atoms with Gasteiger partial charge in [0.05, 0.1) is 0 Å². The van der Waals surface area contributed by atoms with Crippen molar-refractivity contribution in [3.05, 3.63) is 108 Å². The number of benzene rings is 3. The van der Waals surface area contributed by atoms with Crippen LogP contribution < -0.4 is 5.32 Å². The molecule has 0 bridgehead atoms. The van der Waals surface area contributed by atoms with Crippen LogP contribution in [0, 0.1) is 5.82 Å². The number of aromatic nitrogens is 2. The molecule has 0 saturated carbocycles. The van der Waals surface area contributed by atoms with Gasteiger partial charge in [0.25, 0.3) is 0 Å². The lowest BCUT2D eigenvalue weighted by Gasteiger charge is -2.34. The number of nitrogens with one attached hydrogen (secondary N) is 1. The molecular weight excluding hydrogens is 415 g/mol. The Balaban J connectivity index is 1.30. The van der Waals surface area contributed by atoms with Gasteiger partial charge in [-0.05, 0) is 61.3 Å². The van der Waals surface area contributed by atoms with Crippen molar-refractivity contribution in [3.63, 3.8) is 0 Å². The van der Waals surface area contributed by atoms with Crippen LogP contribution in [0.4, 0.5) is 4.39 Å². The molecule has 4 aromatic rings. The molecule has 6 heteroatoms. The summed E-state index contributed by atoms with van der Waals surface area (Å²) < 4.78 is 19.7. The molecule has 3 aromatic carbocycles. The fourth-order valence-corrected chi connectivity index (χ4v) is 4.35. The predicted octanol–water partition coefficient (Wildman–Crippen LogP) is 5.22. The largest absolute Gasteiger partial charge is 0.419 e. The molecule has 5 rings (SSSR count). The third kappa shape index (κ3) is 5.35. The Kier molecular flexibility index (Phi) is 6.56. The number of piperidine rings is 1. The van der Waals surface area contributed by atoms with E-state index in [2.05, 4.69) is 50.7 Å². The molecule has 168 valence electrons. The van der Waals surface area contributed by atoms with Crippen molar-refractivity contribution in [1.82, 2.24) is 20.4 Å². The topological polar surface area (TPSA) is 54.2 Å². The van der Waals surface area contributed by atoms with Crippen molar-refractivity contribution in [2.24, 2.45) is 0 Å². The normalized spacial score (nSPS) is 16.0. The van der Waals surface area contributed by atoms with E-state index >= 15 is 0 Å². The molecule has 1 N–H and O–H groups in total. The molecule has 1 saturated heterocycles. The standard InChI is InChI=1S/C27H27FN4O/c28-23-13-11-21(12-14-23)25(27-31-30-26(33-27)22-9-5-2-6-10-22)29-24-15-17-32(18-16-24)19-20-7-3-1-4-8-20/h1-14,24-25,29H,15-19H2. The van der Waals surface area contributed by atoms with Gasteiger partial charge in [-0.2, -0.15) is 0 Å². The predicted molar refractivity (Wildman–Crippen MR) is 126 cm³/mol. The second-order valence-electron chi connectivity index (χ2n) is 8.50. The summed E-state index contributed by atoms with van der Waals surface area (Å²) in [5.41, 5.74) is 3.13. The first-order valence-corrected chi connectivity index (χ1v) is 11.4. The van der Waals surface area contributed by atoms with Crippen LogP contribution in [0.15, 0.2) is 89.3 Å². The summed E-state index contributed by atoms with van der Waals surface area (Å²) in [6.45, 7) is 3.00. The molecule has 1 aromatic heterocycles. The smallest absolute Gasteiger partial charge is 0.247 e. The maximum absolute atomic E-state index is 13.6. The van der Waals surface area contributed by atoms with Crippen LogP contribution in [0.25, 0.3) is 11.5 Å². The van der Waals surface area contributed by atoms with Crippen LogP contribution in [-0.4, -0.2) is 34.2 Å². The minimum Gasteiger partial charge on any atom is -0.419 e. The number of likely N-dealkylation sites (tertiary alicyclic amines) is 1. The molecule has 1 atom stereocenters. The maximum Gasteiger partial charge on any atom is 0.247 e. The van der Waals surface area contributed by atoms with Gasteiger partial charge in [-0.3, -0.25) is 10.2 Å². The highest BCUT2D eigenvalue weighted by atomic mass is 19.1. The summed E-state index contributed by atoms with van der Waals surface area (Å²) in [6, 6.07) is 26.8. The van der Waals surface area contributed by atoms with E-state index in [4.69, 9.17) is 4.42 Å². The Hall–Kier alpha value is -3.35. The van der Waals surface area contributed by atoms with Crippen molar-refractivity contribution in [3.8, 4) is 11.5 Å². The second-order valence-corrected chi connectivity index (χ2v) is 8.50. The summed E-state index contributed by atoms with van der Waals surface area (Å²) in [5.74, 6) is 0.714. The van der Waals surface area contributed by atoms with Gasteiger partial charge in [-0.25, -0.2) is 4.39 Å². The van der Waals surface area contributed by atoms with Crippen molar-refractivity contribution in [2.45, 2.75) is 31.5 Å². The summed E-state index contributed by atoms with van der Waals surface area (Å²) in [5, 5.41) is 12.3. The summed E-state index contributed by atoms with van der Waals surface area (Å²) in [4.78, 5) is 2.49. The SMILES string of the molecule is Fc1ccc(C(NC2CCN(Cc3ccccc3)CC2)c2nnc(-c3ccccc3)o2)cc1. The second kappa shape index (κ2) is 10.1. The van der Waals surface area contributed by atoms with Crippen LogP contribution in [0.3, 0.4) is 0 Å². The fraction of sp³-hybridized carbons (Fsp3) is 0.259. The monoisotopic (exact) mass is 442 g/mol. The number of nitrogens with zero attached hydrogens (tertiary/aromatic N) is 3. The minimum absolute atomic E-state index is 0.262. The lowest BCUT2D eigenvalue weighted by molar-refractivity contribution is 0.184. The van der Waals surface area contributed by atoms with Gasteiger partial charge in [0, 0.05) is 18.2 Å². The quantitative estimate of drug-likeness (QED) is 0.425. The number of hydrogen-bond donors (Lipinski definition) is 1. The Morgan fingerprint density at radius 1 is 0.879 bits per heavy atom. The third-order valence-corrected chi connectivity index (χ3v) is 6.15. The van der Waals surface area contributed by atoms with Crippen LogP contribution in [0.5, 0.6) is 0 Å². The van der Waals surface area contributed by atoms with Crippen LogP contribution in [-0.2, 0) is 6.54 Å². The van der Waals surface area contributed by atoms with Gasteiger partial charge < -0.3 is 4.42 Å². The molecule has 1 aliphatic rings. The highest BCUT2D eigenvalue weighted by molar-refractivity contribution is 5.51. The Bertz CT molecular complexity index is 1140.